The molecule has 1 aromatic carbocycles. The fourth-order valence-electron chi connectivity index (χ4n) is 0.850. The molecule has 0 heterocycles. The van der Waals surface area contributed by atoms with Gasteiger partial charge in [0.2, 0.25) is 6.41 Å². The summed E-state index contributed by atoms with van der Waals surface area (Å²) in [5, 5.41) is 0. The zero-order chi connectivity index (χ0) is 9.68. The molecule has 0 unspecified atom stereocenters. The molecule has 1 rings (SSSR count). The molecule has 0 fully saturated rings. The summed E-state index contributed by atoms with van der Waals surface area (Å²) >= 11 is 1.21. The summed E-state index contributed by atoms with van der Waals surface area (Å²) < 4.78 is 2.46. The van der Waals surface area contributed by atoms with E-state index in [-0.39, 0.29) is 13.2 Å². The highest BCUT2D eigenvalue weighted by molar-refractivity contribution is 7.97. The normalized spacial score (nSPS) is 8.64. The highest BCUT2D eigenvalue weighted by atomic mass is 32.2. The van der Waals surface area contributed by atoms with E-state index in [1.807, 2.05) is 0 Å². The van der Waals surface area contributed by atoms with Gasteiger partial charge >= 0.3 is 0 Å². The summed E-state index contributed by atoms with van der Waals surface area (Å²) in [6.07, 6.45) is 0.615. The molecule has 0 bridgehead atoms. The summed E-state index contributed by atoms with van der Waals surface area (Å²) in [6.45, 7) is 1.52. The van der Waals surface area contributed by atoms with Gasteiger partial charge in [-0.25, -0.2) is 0 Å². The maximum atomic E-state index is 10.9. The Labute approximate surface area is 88.0 Å². The van der Waals surface area contributed by atoms with E-state index < -0.39 is 0 Å². The van der Waals surface area contributed by atoms with Crippen molar-refractivity contribution in [2.24, 2.45) is 0 Å². The standard InChI is InChI=1S/C9H9NO2S.CH4/c1-7(12)8-2-4-9(5-3-8)13-10-6-11;/h2-6H,1H3,(H,10,11);1H4. The molecule has 1 N–H and O–H groups in total. The number of nitrogens with one attached hydrogen (secondary N) is 1. The molecule has 0 aromatic heterocycles. The smallest absolute Gasteiger partial charge is 0.217 e. The highest BCUT2D eigenvalue weighted by Crippen LogP contribution is 2.14. The minimum Gasteiger partial charge on any atom is -0.299 e. The number of amides is 1. The van der Waals surface area contributed by atoms with Crippen LogP contribution in [0.25, 0.3) is 0 Å². The summed E-state index contributed by atoms with van der Waals surface area (Å²) in [4.78, 5) is 21.8. The quantitative estimate of drug-likeness (QED) is 0.472. The summed E-state index contributed by atoms with van der Waals surface area (Å²) in [5.74, 6) is 0.0416. The molecule has 0 aliphatic heterocycles. The van der Waals surface area contributed by atoms with E-state index in [0.29, 0.717) is 12.0 Å². The fourth-order valence-corrected chi connectivity index (χ4v) is 1.31. The lowest BCUT2D eigenvalue weighted by atomic mass is 10.2. The first kappa shape index (κ1) is 12.7. The van der Waals surface area contributed by atoms with Crippen molar-refractivity contribution < 1.29 is 9.59 Å². The maximum Gasteiger partial charge on any atom is 0.217 e. The van der Waals surface area contributed by atoms with Gasteiger partial charge in [-0.3, -0.25) is 14.3 Å². The van der Waals surface area contributed by atoms with E-state index in [1.54, 1.807) is 24.3 Å². The Balaban J connectivity index is 0.00000169. The van der Waals surface area contributed by atoms with Gasteiger partial charge < -0.3 is 0 Å². The topological polar surface area (TPSA) is 46.2 Å². The lowest BCUT2D eigenvalue weighted by Gasteiger charge is -1.99. The monoisotopic (exact) mass is 211 g/mol. The third-order valence-electron chi connectivity index (χ3n) is 1.49. The van der Waals surface area contributed by atoms with Gasteiger partial charge in [0.25, 0.3) is 0 Å². The molecule has 0 spiro atoms. The first-order valence-corrected chi connectivity index (χ1v) is 4.52. The van der Waals surface area contributed by atoms with Crippen molar-refractivity contribution in [3.8, 4) is 0 Å². The number of ketones is 1. The fraction of sp³-hybridized carbons (Fsp3) is 0.200. The number of benzene rings is 1. The van der Waals surface area contributed by atoms with Crippen LogP contribution in [0.5, 0.6) is 0 Å². The van der Waals surface area contributed by atoms with Crippen LogP contribution in [-0.4, -0.2) is 12.2 Å². The van der Waals surface area contributed by atoms with Crippen molar-refractivity contribution in [3.63, 3.8) is 0 Å². The van der Waals surface area contributed by atoms with Crippen molar-refractivity contribution in [1.29, 1.82) is 0 Å². The molecule has 4 heteroatoms. The van der Waals surface area contributed by atoms with Gasteiger partial charge in [0.15, 0.2) is 5.78 Å². The van der Waals surface area contributed by atoms with Crippen molar-refractivity contribution in [3.05, 3.63) is 29.8 Å². The summed E-state index contributed by atoms with van der Waals surface area (Å²) in [6, 6.07) is 7.05. The van der Waals surface area contributed by atoms with Gasteiger partial charge in [0.1, 0.15) is 0 Å². The first-order valence-electron chi connectivity index (χ1n) is 3.71. The molecule has 0 saturated heterocycles. The van der Waals surface area contributed by atoms with Gasteiger partial charge in [-0.2, -0.15) is 0 Å². The van der Waals surface area contributed by atoms with Crippen molar-refractivity contribution in [1.82, 2.24) is 4.72 Å². The zero-order valence-electron chi connectivity index (χ0n) is 7.11. The molecular weight excluding hydrogens is 198 g/mol. The Kier molecular flexibility index (Phi) is 5.64. The van der Waals surface area contributed by atoms with Crippen LogP contribution >= 0.6 is 11.9 Å². The first-order chi connectivity index (χ1) is 6.24. The van der Waals surface area contributed by atoms with Crippen LogP contribution in [0.3, 0.4) is 0 Å². The minimum absolute atomic E-state index is 0. The second kappa shape index (κ2) is 6.21. The highest BCUT2D eigenvalue weighted by Gasteiger charge is 1.98. The second-order valence-electron chi connectivity index (χ2n) is 2.42. The zero-order valence-corrected chi connectivity index (χ0v) is 7.93. The average molecular weight is 211 g/mol. The Morgan fingerprint density at radius 3 is 2.36 bits per heavy atom. The van der Waals surface area contributed by atoms with Gasteiger partial charge in [-0.05, 0) is 31.0 Å². The number of carbonyl (C=O) groups excluding carboxylic acids is 2. The molecule has 14 heavy (non-hydrogen) atoms. The number of carbonyl (C=O) groups is 2. The molecule has 0 aliphatic rings. The van der Waals surface area contributed by atoms with Crippen LogP contribution in [0.2, 0.25) is 0 Å². The van der Waals surface area contributed by atoms with E-state index in [0.717, 1.165) is 4.90 Å². The summed E-state index contributed by atoms with van der Waals surface area (Å²) in [7, 11) is 0. The van der Waals surface area contributed by atoms with Crippen LogP contribution in [0.15, 0.2) is 29.2 Å². The predicted molar refractivity (Wildman–Crippen MR) is 58.2 cm³/mol. The van der Waals surface area contributed by atoms with Crippen molar-refractivity contribution in [2.45, 2.75) is 19.2 Å². The molecule has 0 aliphatic carbocycles. The van der Waals surface area contributed by atoms with Crippen LogP contribution in [0.1, 0.15) is 24.7 Å². The van der Waals surface area contributed by atoms with Gasteiger partial charge in [0.05, 0.1) is 0 Å². The third-order valence-corrected chi connectivity index (χ3v) is 2.21. The van der Waals surface area contributed by atoms with Crippen LogP contribution < -0.4 is 4.72 Å². The molecule has 1 amide bonds. The van der Waals surface area contributed by atoms with Gasteiger partial charge in [-0.1, -0.05) is 19.6 Å². The van der Waals surface area contributed by atoms with Gasteiger partial charge in [-0.15, -0.1) is 0 Å². The molecule has 0 atom stereocenters. The SMILES string of the molecule is C.CC(=O)c1ccc(SNC=O)cc1. The number of hydrogen-bond acceptors (Lipinski definition) is 3. The molecule has 0 radical (unpaired) electrons. The second-order valence-corrected chi connectivity index (χ2v) is 3.33. The molecule has 76 valence electrons. The van der Waals surface area contributed by atoms with E-state index in [2.05, 4.69) is 4.72 Å². The Bertz CT molecular complexity index is 308. The molecule has 3 nitrogen and oxygen atoms in total. The number of hydrogen-bond donors (Lipinski definition) is 1. The molecule has 0 saturated carbocycles. The van der Waals surface area contributed by atoms with E-state index in [9.17, 15) is 9.59 Å². The molecular formula is C10H13NO2S. The Morgan fingerprint density at radius 1 is 1.36 bits per heavy atom. The van der Waals surface area contributed by atoms with Crippen molar-refractivity contribution in [2.75, 3.05) is 0 Å². The van der Waals surface area contributed by atoms with E-state index in [4.69, 9.17) is 0 Å². The van der Waals surface area contributed by atoms with Crippen LogP contribution in [0, 0.1) is 0 Å². The minimum atomic E-state index is 0. The van der Waals surface area contributed by atoms with E-state index >= 15 is 0 Å². The maximum absolute atomic E-state index is 10.9. The Morgan fingerprint density at radius 2 is 1.93 bits per heavy atom. The third kappa shape index (κ3) is 3.62. The lowest BCUT2D eigenvalue weighted by molar-refractivity contribution is -0.107. The van der Waals surface area contributed by atoms with Crippen LogP contribution in [0.4, 0.5) is 0 Å². The molecule has 1 aromatic rings. The predicted octanol–water partition coefficient (Wildman–Crippen LogP) is 2.28. The van der Waals surface area contributed by atoms with Gasteiger partial charge in [0, 0.05) is 10.5 Å². The summed E-state index contributed by atoms with van der Waals surface area (Å²) in [5.41, 5.74) is 0.676. The number of Topliss-reactive ketones (excluding diaryl/α,β-unsaturated/α-hetero) is 1. The van der Waals surface area contributed by atoms with Crippen molar-refractivity contribution >= 4 is 24.1 Å². The Hall–Kier alpha value is -1.29. The van der Waals surface area contributed by atoms with E-state index in [1.165, 1.54) is 18.9 Å². The lowest BCUT2D eigenvalue weighted by Crippen LogP contribution is -1.97. The average Bonchev–Trinajstić information content (AvgIpc) is 2.15. The largest absolute Gasteiger partial charge is 0.299 e. The number of rotatable bonds is 4. The van der Waals surface area contributed by atoms with Crippen LogP contribution in [-0.2, 0) is 4.79 Å².